The molecule has 0 aliphatic rings. The van der Waals surface area contributed by atoms with Crippen LogP contribution in [-0.2, 0) is 0 Å². The summed E-state index contributed by atoms with van der Waals surface area (Å²) in [6, 6.07) is 12.1. The normalized spacial score (nSPS) is 10.7. The first-order chi connectivity index (χ1) is 13.1. The highest BCUT2D eigenvalue weighted by Crippen LogP contribution is 2.30. The van der Waals surface area contributed by atoms with E-state index in [1.807, 2.05) is 0 Å². The van der Waals surface area contributed by atoms with Crippen LogP contribution in [0.3, 0.4) is 0 Å². The zero-order valence-electron chi connectivity index (χ0n) is 13.7. The van der Waals surface area contributed by atoms with Crippen LogP contribution in [0.2, 0.25) is 0 Å². The van der Waals surface area contributed by atoms with E-state index >= 15 is 0 Å². The summed E-state index contributed by atoms with van der Waals surface area (Å²) in [5, 5.41) is 7.11. The lowest BCUT2D eigenvalue weighted by atomic mass is 10.2. The van der Waals surface area contributed by atoms with E-state index in [4.69, 9.17) is 4.42 Å². The Balaban J connectivity index is 1.70. The molecule has 3 aromatic heterocycles. The molecule has 0 saturated carbocycles. The maximum absolute atomic E-state index is 13.0. The molecule has 27 heavy (non-hydrogen) atoms. The first-order valence-corrected chi connectivity index (χ1v) is 8.79. The molecule has 2 amide bonds. The zero-order valence-corrected chi connectivity index (χ0v) is 14.5. The molecule has 0 fully saturated rings. The summed E-state index contributed by atoms with van der Waals surface area (Å²) >= 11 is 1.28. The molecule has 6 nitrogen and oxygen atoms in total. The molecule has 2 N–H and O–H groups in total. The number of pyridine rings is 1. The van der Waals surface area contributed by atoms with Gasteiger partial charge in [0, 0.05) is 11.9 Å². The first kappa shape index (κ1) is 16.9. The number of rotatable bonds is 4. The third kappa shape index (κ3) is 3.42. The Morgan fingerprint density at radius 2 is 1.81 bits per heavy atom. The molecule has 0 atom stereocenters. The number of carbonyl (C=O) groups is 2. The predicted molar refractivity (Wildman–Crippen MR) is 101 cm³/mol. The summed E-state index contributed by atoms with van der Waals surface area (Å²) in [5.41, 5.74) is 1.31. The number of halogens is 1. The smallest absolute Gasteiger partial charge is 0.293 e. The van der Waals surface area contributed by atoms with Crippen LogP contribution in [0, 0.1) is 5.82 Å². The van der Waals surface area contributed by atoms with Crippen LogP contribution in [-0.4, -0.2) is 16.8 Å². The number of furan rings is 1. The molecular weight excluding hydrogens is 369 g/mol. The van der Waals surface area contributed by atoms with Gasteiger partial charge in [0.15, 0.2) is 5.58 Å². The van der Waals surface area contributed by atoms with Gasteiger partial charge in [-0.2, -0.15) is 0 Å². The third-order valence-corrected chi connectivity index (χ3v) is 4.61. The molecule has 0 unspecified atom stereocenters. The van der Waals surface area contributed by atoms with Crippen LogP contribution < -0.4 is 10.6 Å². The summed E-state index contributed by atoms with van der Waals surface area (Å²) in [7, 11) is 0. The van der Waals surface area contributed by atoms with Gasteiger partial charge in [0.05, 0.1) is 4.88 Å². The Labute approximate surface area is 156 Å². The van der Waals surface area contributed by atoms with Gasteiger partial charge in [-0.05, 0) is 47.8 Å². The van der Waals surface area contributed by atoms with Crippen LogP contribution in [0.4, 0.5) is 15.8 Å². The van der Waals surface area contributed by atoms with Gasteiger partial charge in [-0.1, -0.05) is 6.07 Å². The van der Waals surface area contributed by atoms with Crippen LogP contribution in [0.5, 0.6) is 0 Å². The van der Waals surface area contributed by atoms with E-state index in [9.17, 15) is 14.0 Å². The summed E-state index contributed by atoms with van der Waals surface area (Å²) in [6.07, 6.45) is 1.54. The van der Waals surface area contributed by atoms with Crippen LogP contribution in [0.25, 0.3) is 11.1 Å². The van der Waals surface area contributed by atoms with Gasteiger partial charge in [-0.15, -0.1) is 11.3 Å². The monoisotopic (exact) mass is 381 g/mol. The molecule has 1 aromatic carbocycles. The molecule has 0 bridgehead atoms. The number of nitrogens with one attached hydrogen (secondary N) is 2. The number of benzene rings is 1. The van der Waals surface area contributed by atoms with Gasteiger partial charge >= 0.3 is 0 Å². The van der Waals surface area contributed by atoms with Crippen molar-refractivity contribution in [3.63, 3.8) is 0 Å². The van der Waals surface area contributed by atoms with Gasteiger partial charge in [0.25, 0.3) is 11.8 Å². The van der Waals surface area contributed by atoms with Gasteiger partial charge in [-0.25, -0.2) is 4.39 Å². The molecule has 134 valence electrons. The SMILES string of the molecule is O=C(Nc1c(C(=O)Nc2ccc(F)cc2)oc2cccnc12)c1cccs1. The Kier molecular flexibility index (Phi) is 4.39. The van der Waals surface area contributed by atoms with Gasteiger partial charge in [-0.3, -0.25) is 14.6 Å². The van der Waals surface area contributed by atoms with Crippen molar-refractivity contribution in [2.24, 2.45) is 0 Å². The molecule has 0 radical (unpaired) electrons. The Bertz CT molecular complexity index is 1120. The number of hydrogen-bond acceptors (Lipinski definition) is 5. The van der Waals surface area contributed by atoms with Crippen molar-refractivity contribution in [1.82, 2.24) is 4.98 Å². The Morgan fingerprint density at radius 1 is 1.00 bits per heavy atom. The number of amides is 2. The second-order valence-electron chi connectivity index (χ2n) is 5.55. The van der Waals surface area contributed by atoms with Gasteiger partial charge in [0.1, 0.15) is 17.0 Å². The summed E-state index contributed by atoms with van der Waals surface area (Å²) in [6.45, 7) is 0. The molecule has 4 rings (SSSR count). The number of nitrogens with zero attached hydrogens (tertiary/aromatic N) is 1. The molecule has 0 aliphatic heterocycles. The van der Waals surface area contributed by atoms with E-state index in [1.54, 1.807) is 35.8 Å². The largest absolute Gasteiger partial charge is 0.447 e. The minimum Gasteiger partial charge on any atom is -0.447 e. The average Bonchev–Trinajstić information content (AvgIpc) is 3.32. The molecule has 3 heterocycles. The van der Waals surface area contributed by atoms with E-state index < -0.39 is 11.7 Å². The van der Waals surface area contributed by atoms with Crippen molar-refractivity contribution in [2.45, 2.75) is 0 Å². The third-order valence-electron chi connectivity index (χ3n) is 3.74. The van der Waals surface area contributed by atoms with E-state index in [1.165, 1.54) is 35.6 Å². The molecule has 0 aliphatic carbocycles. The van der Waals surface area contributed by atoms with Crippen molar-refractivity contribution >= 4 is 45.6 Å². The molecular formula is C19H12FN3O3S. The minimum absolute atomic E-state index is 0.0852. The Morgan fingerprint density at radius 3 is 2.56 bits per heavy atom. The van der Waals surface area contributed by atoms with Crippen molar-refractivity contribution in [1.29, 1.82) is 0 Å². The number of hydrogen-bond donors (Lipinski definition) is 2. The molecule has 0 spiro atoms. The number of anilines is 2. The van der Waals surface area contributed by atoms with Crippen molar-refractivity contribution in [3.8, 4) is 0 Å². The lowest BCUT2D eigenvalue weighted by molar-refractivity contribution is 0.0999. The second kappa shape index (κ2) is 7.00. The summed E-state index contributed by atoms with van der Waals surface area (Å²) in [4.78, 5) is 29.8. The van der Waals surface area contributed by atoms with Gasteiger partial charge < -0.3 is 15.1 Å². The maximum atomic E-state index is 13.0. The lowest BCUT2D eigenvalue weighted by Crippen LogP contribution is -2.16. The van der Waals surface area contributed by atoms with Crippen LogP contribution >= 0.6 is 11.3 Å². The minimum atomic E-state index is -0.582. The van der Waals surface area contributed by atoms with Gasteiger partial charge in [0.2, 0.25) is 5.76 Å². The number of thiophene rings is 1. The fourth-order valence-electron chi connectivity index (χ4n) is 2.51. The average molecular weight is 381 g/mol. The highest BCUT2D eigenvalue weighted by molar-refractivity contribution is 7.12. The molecule has 0 saturated heterocycles. The Hall–Kier alpha value is -3.52. The van der Waals surface area contributed by atoms with E-state index in [0.717, 1.165) is 0 Å². The standard InChI is InChI=1S/C19H12FN3O3S/c20-11-5-7-12(8-6-11)22-19(25)17-16(15-13(26-17)3-1-9-21-15)23-18(24)14-4-2-10-27-14/h1-10H,(H,22,25)(H,23,24). The molecule has 8 heteroatoms. The van der Waals surface area contributed by atoms with Crippen LogP contribution in [0.15, 0.2) is 64.5 Å². The fourth-order valence-corrected chi connectivity index (χ4v) is 3.13. The van der Waals surface area contributed by atoms with E-state index in [0.29, 0.717) is 21.7 Å². The second-order valence-corrected chi connectivity index (χ2v) is 6.50. The number of carbonyl (C=O) groups excluding carboxylic acids is 2. The number of fused-ring (bicyclic) bond motifs is 1. The number of aromatic nitrogens is 1. The van der Waals surface area contributed by atoms with Crippen molar-refractivity contribution < 1.29 is 18.4 Å². The summed E-state index contributed by atoms with van der Waals surface area (Å²) in [5.74, 6) is -1.45. The topological polar surface area (TPSA) is 84.2 Å². The summed E-state index contributed by atoms with van der Waals surface area (Å²) < 4.78 is 18.7. The highest BCUT2D eigenvalue weighted by Gasteiger charge is 2.24. The zero-order chi connectivity index (χ0) is 18.8. The predicted octanol–water partition coefficient (Wildman–Crippen LogP) is 4.53. The first-order valence-electron chi connectivity index (χ1n) is 7.91. The maximum Gasteiger partial charge on any atom is 0.293 e. The fraction of sp³-hybridized carbons (Fsp3) is 0. The van der Waals surface area contributed by atoms with E-state index in [2.05, 4.69) is 15.6 Å². The quantitative estimate of drug-likeness (QED) is 0.544. The highest BCUT2D eigenvalue weighted by atomic mass is 32.1. The van der Waals surface area contributed by atoms with Crippen molar-refractivity contribution in [2.75, 3.05) is 10.6 Å². The van der Waals surface area contributed by atoms with E-state index in [-0.39, 0.29) is 17.4 Å². The molecule has 4 aromatic rings. The van der Waals surface area contributed by atoms with Crippen LogP contribution in [0.1, 0.15) is 20.2 Å². The lowest BCUT2D eigenvalue weighted by Gasteiger charge is -2.06. The van der Waals surface area contributed by atoms with Crippen molar-refractivity contribution in [3.05, 3.63) is 76.6 Å².